The average molecular weight is 317 g/mol. The van der Waals surface area contributed by atoms with Gasteiger partial charge in [0.2, 0.25) is 0 Å². The van der Waals surface area contributed by atoms with Crippen molar-refractivity contribution in [3.63, 3.8) is 0 Å². The molecule has 0 spiro atoms. The van der Waals surface area contributed by atoms with Crippen LogP contribution in [0.5, 0.6) is 5.75 Å². The first kappa shape index (κ1) is 16.7. The number of benzene rings is 1. The largest absolute Gasteiger partial charge is 0.493 e. The standard InChI is InChI=1S/C17H21N2O4/c1-3-22-17(21)15-5-7-16(8-6-15)23-12-4-9-18-10-11-19(13-18)14(2)20/h5-8,10-11,13H,3-4,9,12H2,1-2H3/q+1. The van der Waals surface area contributed by atoms with E-state index >= 15 is 0 Å². The fourth-order valence-electron chi connectivity index (χ4n) is 2.05. The molecule has 0 aliphatic heterocycles. The molecule has 0 radical (unpaired) electrons. The van der Waals surface area contributed by atoms with E-state index in [-0.39, 0.29) is 11.9 Å². The summed E-state index contributed by atoms with van der Waals surface area (Å²) in [6.07, 6.45) is 6.16. The van der Waals surface area contributed by atoms with Crippen molar-refractivity contribution in [2.45, 2.75) is 26.8 Å². The Morgan fingerprint density at radius 2 is 1.96 bits per heavy atom. The van der Waals surface area contributed by atoms with Gasteiger partial charge in [-0.05, 0) is 31.2 Å². The van der Waals surface area contributed by atoms with Gasteiger partial charge in [-0.15, -0.1) is 0 Å². The van der Waals surface area contributed by atoms with Crippen LogP contribution in [0.25, 0.3) is 0 Å². The number of nitrogens with zero attached hydrogens (tertiary/aromatic N) is 2. The number of carbonyl (C=O) groups excluding carboxylic acids is 2. The molecule has 1 heterocycles. The van der Waals surface area contributed by atoms with Gasteiger partial charge in [0.25, 0.3) is 6.33 Å². The van der Waals surface area contributed by atoms with Crippen molar-refractivity contribution in [1.29, 1.82) is 0 Å². The Labute approximate surface area is 135 Å². The summed E-state index contributed by atoms with van der Waals surface area (Å²) < 4.78 is 14.0. The van der Waals surface area contributed by atoms with E-state index in [1.54, 1.807) is 43.7 Å². The lowest BCUT2D eigenvalue weighted by Crippen LogP contribution is -2.32. The topological polar surface area (TPSA) is 61.4 Å². The van der Waals surface area contributed by atoms with Gasteiger partial charge in [-0.3, -0.25) is 0 Å². The van der Waals surface area contributed by atoms with Crippen LogP contribution in [-0.4, -0.2) is 29.7 Å². The number of hydrogen-bond donors (Lipinski definition) is 0. The normalized spacial score (nSPS) is 10.3. The number of aromatic nitrogens is 2. The molecule has 0 amide bonds. The van der Waals surface area contributed by atoms with E-state index in [0.717, 1.165) is 13.0 Å². The maximum atomic E-state index is 11.5. The maximum absolute atomic E-state index is 11.5. The first-order chi connectivity index (χ1) is 11.1. The summed E-state index contributed by atoms with van der Waals surface area (Å²) in [4.78, 5) is 22.7. The lowest BCUT2D eigenvalue weighted by Gasteiger charge is -2.06. The average Bonchev–Trinajstić information content (AvgIpc) is 3.01. The molecule has 0 N–H and O–H groups in total. The Kier molecular flexibility index (Phi) is 5.91. The second-order valence-corrected chi connectivity index (χ2v) is 5.02. The number of ether oxygens (including phenoxy) is 2. The number of hydrogen-bond acceptors (Lipinski definition) is 4. The molecule has 2 aromatic rings. The van der Waals surface area contributed by atoms with Crippen LogP contribution in [0.1, 0.15) is 35.4 Å². The monoisotopic (exact) mass is 317 g/mol. The molecule has 6 heteroatoms. The molecule has 0 fully saturated rings. The van der Waals surface area contributed by atoms with Crippen molar-refractivity contribution < 1.29 is 23.6 Å². The zero-order chi connectivity index (χ0) is 16.7. The highest BCUT2D eigenvalue weighted by molar-refractivity contribution is 5.89. The highest BCUT2D eigenvalue weighted by Crippen LogP contribution is 2.13. The van der Waals surface area contributed by atoms with Gasteiger partial charge in [0.1, 0.15) is 18.1 Å². The summed E-state index contributed by atoms with van der Waals surface area (Å²) in [7, 11) is 0. The highest BCUT2D eigenvalue weighted by Gasteiger charge is 2.08. The molecule has 6 nitrogen and oxygen atoms in total. The van der Waals surface area contributed by atoms with E-state index < -0.39 is 0 Å². The van der Waals surface area contributed by atoms with Crippen LogP contribution in [0.2, 0.25) is 0 Å². The number of carbonyl (C=O) groups is 2. The SMILES string of the molecule is CCOC(=O)c1ccc(OCCC[n+]2ccn(C(C)=O)c2)cc1. The first-order valence-electron chi connectivity index (χ1n) is 7.58. The van der Waals surface area contributed by atoms with E-state index in [0.29, 0.717) is 24.5 Å². The molecule has 0 aliphatic carbocycles. The number of esters is 1. The minimum Gasteiger partial charge on any atom is -0.493 e. The molecule has 2 rings (SSSR count). The minimum absolute atomic E-state index is 0.0123. The van der Waals surface area contributed by atoms with E-state index in [2.05, 4.69) is 0 Å². The molecule has 0 bridgehead atoms. The third-order valence-electron chi connectivity index (χ3n) is 3.25. The van der Waals surface area contributed by atoms with E-state index in [1.165, 1.54) is 11.5 Å². The van der Waals surface area contributed by atoms with Gasteiger partial charge in [-0.1, -0.05) is 0 Å². The predicted molar refractivity (Wildman–Crippen MR) is 83.4 cm³/mol. The Balaban J connectivity index is 1.75. The van der Waals surface area contributed by atoms with Crippen LogP contribution in [0, 0.1) is 0 Å². The van der Waals surface area contributed by atoms with Crippen molar-refractivity contribution in [1.82, 2.24) is 4.57 Å². The summed E-state index contributed by atoms with van der Waals surface area (Å²) in [5, 5.41) is 0. The third-order valence-corrected chi connectivity index (χ3v) is 3.25. The second kappa shape index (κ2) is 8.12. The van der Waals surface area contributed by atoms with Crippen LogP contribution < -0.4 is 9.30 Å². The Hall–Kier alpha value is -2.63. The number of rotatable bonds is 7. The van der Waals surface area contributed by atoms with Gasteiger partial charge in [0.05, 0.1) is 25.3 Å². The van der Waals surface area contributed by atoms with Crippen LogP contribution in [-0.2, 0) is 11.3 Å². The van der Waals surface area contributed by atoms with Gasteiger partial charge in [0.15, 0.2) is 0 Å². The van der Waals surface area contributed by atoms with E-state index in [9.17, 15) is 9.59 Å². The summed E-state index contributed by atoms with van der Waals surface area (Å²) in [5.74, 6) is 0.372. The predicted octanol–water partition coefficient (Wildman–Crippen LogP) is 2.08. The van der Waals surface area contributed by atoms with Crippen molar-refractivity contribution in [2.75, 3.05) is 13.2 Å². The van der Waals surface area contributed by atoms with Gasteiger partial charge in [-0.25, -0.2) is 14.2 Å². The van der Waals surface area contributed by atoms with Crippen molar-refractivity contribution in [3.8, 4) is 5.75 Å². The fraction of sp³-hybridized carbons (Fsp3) is 0.353. The number of aryl methyl sites for hydroxylation is 1. The molecule has 0 unspecified atom stereocenters. The van der Waals surface area contributed by atoms with Gasteiger partial charge >= 0.3 is 11.9 Å². The molecule has 1 aromatic heterocycles. The highest BCUT2D eigenvalue weighted by atomic mass is 16.5. The van der Waals surface area contributed by atoms with Crippen molar-refractivity contribution >= 4 is 11.9 Å². The summed E-state index contributed by atoms with van der Waals surface area (Å²) >= 11 is 0. The molecule has 122 valence electrons. The Morgan fingerprint density at radius 1 is 1.22 bits per heavy atom. The Morgan fingerprint density at radius 3 is 2.57 bits per heavy atom. The minimum atomic E-state index is -0.328. The molecule has 0 aliphatic rings. The van der Waals surface area contributed by atoms with Crippen LogP contribution in [0.15, 0.2) is 43.0 Å². The summed E-state index contributed by atoms with van der Waals surface area (Å²) in [6, 6.07) is 6.89. The molecular formula is C17H21N2O4+. The summed E-state index contributed by atoms with van der Waals surface area (Å²) in [5.41, 5.74) is 0.514. The Bertz CT molecular complexity index is 661. The molecule has 23 heavy (non-hydrogen) atoms. The zero-order valence-corrected chi connectivity index (χ0v) is 13.4. The van der Waals surface area contributed by atoms with Crippen LogP contribution in [0.3, 0.4) is 0 Å². The van der Waals surface area contributed by atoms with Gasteiger partial charge in [0, 0.05) is 13.3 Å². The molecular weight excluding hydrogens is 296 g/mol. The third kappa shape index (κ3) is 4.95. The summed E-state index contributed by atoms with van der Waals surface area (Å²) in [6.45, 7) is 4.98. The van der Waals surface area contributed by atoms with Crippen LogP contribution >= 0.6 is 0 Å². The smallest absolute Gasteiger partial charge is 0.338 e. The van der Waals surface area contributed by atoms with Crippen LogP contribution in [0.4, 0.5) is 0 Å². The lowest BCUT2D eigenvalue weighted by atomic mass is 10.2. The second-order valence-electron chi connectivity index (χ2n) is 5.02. The quantitative estimate of drug-likeness (QED) is 0.446. The first-order valence-corrected chi connectivity index (χ1v) is 7.58. The molecule has 1 aromatic carbocycles. The van der Waals surface area contributed by atoms with E-state index in [4.69, 9.17) is 9.47 Å². The van der Waals surface area contributed by atoms with Gasteiger partial charge in [-0.2, -0.15) is 4.57 Å². The maximum Gasteiger partial charge on any atom is 0.338 e. The number of imidazole rings is 1. The molecule has 0 saturated heterocycles. The molecule has 0 atom stereocenters. The van der Waals surface area contributed by atoms with Gasteiger partial charge < -0.3 is 9.47 Å². The zero-order valence-electron chi connectivity index (χ0n) is 13.4. The fourth-order valence-corrected chi connectivity index (χ4v) is 2.05. The lowest BCUT2D eigenvalue weighted by molar-refractivity contribution is -0.696. The van der Waals surface area contributed by atoms with Crippen molar-refractivity contribution in [2.24, 2.45) is 0 Å². The van der Waals surface area contributed by atoms with E-state index in [1.807, 2.05) is 10.8 Å². The van der Waals surface area contributed by atoms with Crippen molar-refractivity contribution in [3.05, 3.63) is 48.5 Å². The molecule has 0 saturated carbocycles.